The summed E-state index contributed by atoms with van der Waals surface area (Å²) in [6.07, 6.45) is 3.23. The largest absolute Gasteiger partial charge is 0.457 e. The normalized spacial score (nSPS) is 11.1. The molecule has 0 saturated carbocycles. The zero-order chi connectivity index (χ0) is 13.9. The van der Waals surface area contributed by atoms with Gasteiger partial charge in [0.2, 0.25) is 0 Å². The summed E-state index contributed by atoms with van der Waals surface area (Å²) in [4.78, 5) is 0. The number of hydrogen-bond donors (Lipinski definition) is 0. The fourth-order valence-corrected chi connectivity index (χ4v) is 2.20. The predicted octanol–water partition coefficient (Wildman–Crippen LogP) is 4.15. The van der Waals surface area contributed by atoms with Crippen molar-refractivity contribution in [2.75, 3.05) is 12.5 Å². The Balaban J connectivity index is 2.15. The molecule has 0 aliphatic heterocycles. The maximum Gasteiger partial charge on any atom is 0.127 e. The first-order valence-electron chi connectivity index (χ1n) is 5.94. The minimum Gasteiger partial charge on any atom is -0.457 e. The highest BCUT2D eigenvalue weighted by atomic mass is 32.2. The minimum absolute atomic E-state index is 0.700. The number of nitrogens with zero attached hydrogens (tertiary/aromatic N) is 1. The maximum atomic E-state index is 11.6. The van der Waals surface area contributed by atoms with Crippen molar-refractivity contribution in [2.45, 2.75) is 6.92 Å². The second-order valence-electron chi connectivity index (χ2n) is 4.68. The van der Waals surface area contributed by atoms with Gasteiger partial charge in [0.25, 0.3) is 0 Å². The fraction of sp³-hybridized carbons (Fsp3) is 0.200. The van der Waals surface area contributed by atoms with Crippen LogP contribution in [-0.2, 0) is 9.73 Å². The van der Waals surface area contributed by atoms with Gasteiger partial charge in [0.1, 0.15) is 11.5 Å². The summed E-state index contributed by atoms with van der Waals surface area (Å²) in [5, 5.41) is 0. The van der Waals surface area contributed by atoms with E-state index in [1.54, 1.807) is 24.6 Å². The molecule has 0 saturated heterocycles. The van der Waals surface area contributed by atoms with E-state index < -0.39 is 9.73 Å². The molecule has 100 valence electrons. The predicted molar refractivity (Wildman–Crippen MR) is 79.8 cm³/mol. The Morgan fingerprint density at radius 1 is 0.895 bits per heavy atom. The van der Waals surface area contributed by atoms with Crippen LogP contribution in [0.2, 0.25) is 0 Å². The molecule has 0 amide bonds. The van der Waals surface area contributed by atoms with Crippen LogP contribution < -0.4 is 4.74 Å². The molecule has 0 aliphatic carbocycles. The molecule has 3 nitrogen and oxygen atoms in total. The van der Waals surface area contributed by atoms with Crippen molar-refractivity contribution in [1.29, 1.82) is 0 Å². The van der Waals surface area contributed by atoms with E-state index in [1.165, 1.54) is 5.56 Å². The van der Waals surface area contributed by atoms with Crippen molar-refractivity contribution < 1.29 is 8.95 Å². The first kappa shape index (κ1) is 13.6. The molecule has 0 atom stereocenters. The zero-order valence-corrected chi connectivity index (χ0v) is 12.1. The molecular weight excluding hydrogens is 258 g/mol. The van der Waals surface area contributed by atoms with Gasteiger partial charge in [-0.1, -0.05) is 17.7 Å². The van der Waals surface area contributed by atoms with Crippen molar-refractivity contribution >= 4 is 15.4 Å². The minimum atomic E-state index is -2.12. The Morgan fingerprint density at radius 2 is 1.37 bits per heavy atom. The van der Waals surface area contributed by atoms with Gasteiger partial charge in [0.05, 0.1) is 5.69 Å². The number of hydrogen-bond acceptors (Lipinski definition) is 3. The van der Waals surface area contributed by atoms with Crippen LogP contribution in [0.15, 0.2) is 52.9 Å². The highest BCUT2D eigenvalue weighted by molar-refractivity contribution is 7.92. The lowest BCUT2D eigenvalue weighted by molar-refractivity contribution is 0.482. The number of benzene rings is 2. The second kappa shape index (κ2) is 5.45. The quantitative estimate of drug-likeness (QED) is 0.844. The van der Waals surface area contributed by atoms with Crippen LogP contribution in [-0.4, -0.2) is 16.7 Å². The van der Waals surface area contributed by atoms with E-state index in [2.05, 4.69) is 4.36 Å². The number of rotatable bonds is 3. The van der Waals surface area contributed by atoms with Crippen LogP contribution in [0.1, 0.15) is 5.56 Å². The molecule has 19 heavy (non-hydrogen) atoms. The lowest BCUT2D eigenvalue weighted by Gasteiger charge is -2.06. The van der Waals surface area contributed by atoms with Crippen molar-refractivity contribution in [3.63, 3.8) is 0 Å². The molecule has 4 heteroatoms. The van der Waals surface area contributed by atoms with Gasteiger partial charge in [0, 0.05) is 22.2 Å². The molecule has 0 bridgehead atoms. The Labute approximate surface area is 114 Å². The van der Waals surface area contributed by atoms with Crippen LogP contribution in [0.5, 0.6) is 11.5 Å². The van der Waals surface area contributed by atoms with E-state index in [-0.39, 0.29) is 0 Å². The molecule has 0 aliphatic rings. The van der Waals surface area contributed by atoms with Gasteiger partial charge in [-0.05, 0) is 43.3 Å². The molecule has 0 fully saturated rings. The molecular formula is C15H17NO2S. The van der Waals surface area contributed by atoms with Crippen molar-refractivity contribution in [3.05, 3.63) is 54.1 Å². The second-order valence-corrected chi connectivity index (χ2v) is 7.23. The van der Waals surface area contributed by atoms with Crippen molar-refractivity contribution in [3.8, 4) is 11.5 Å². The van der Waals surface area contributed by atoms with E-state index in [0.29, 0.717) is 5.69 Å². The van der Waals surface area contributed by atoms with Gasteiger partial charge in [-0.3, -0.25) is 0 Å². The van der Waals surface area contributed by atoms with Crippen LogP contribution in [0.3, 0.4) is 0 Å². The zero-order valence-electron chi connectivity index (χ0n) is 11.3. The summed E-state index contributed by atoms with van der Waals surface area (Å²) >= 11 is 0. The van der Waals surface area contributed by atoms with Crippen LogP contribution in [0.25, 0.3) is 0 Å². The van der Waals surface area contributed by atoms with E-state index in [9.17, 15) is 4.21 Å². The fourth-order valence-electron chi connectivity index (χ4n) is 1.57. The average Bonchev–Trinajstić information content (AvgIpc) is 2.33. The molecule has 2 aromatic carbocycles. The third kappa shape index (κ3) is 4.41. The van der Waals surface area contributed by atoms with Gasteiger partial charge in [-0.25, -0.2) is 4.21 Å². The lowest BCUT2D eigenvalue weighted by Crippen LogP contribution is -1.89. The molecule has 0 radical (unpaired) electrons. The summed E-state index contributed by atoms with van der Waals surface area (Å²) < 4.78 is 21.4. The molecule has 0 unspecified atom stereocenters. The molecule has 2 aromatic rings. The SMILES string of the molecule is Cc1ccc(Oc2ccc(N=S(C)(C)=O)cc2)cc1. The van der Waals surface area contributed by atoms with Gasteiger partial charge in [-0.2, -0.15) is 4.36 Å². The molecule has 0 aromatic heterocycles. The Hall–Kier alpha value is -1.81. The lowest BCUT2D eigenvalue weighted by atomic mass is 10.2. The highest BCUT2D eigenvalue weighted by Gasteiger charge is 1.98. The van der Waals surface area contributed by atoms with E-state index in [4.69, 9.17) is 4.74 Å². The van der Waals surface area contributed by atoms with Gasteiger partial charge in [0.15, 0.2) is 0 Å². The molecule has 2 rings (SSSR count). The third-order valence-electron chi connectivity index (χ3n) is 2.42. The van der Waals surface area contributed by atoms with Gasteiger partial charge >= 0.3 is 0 Å². The van der Waals surface area contributed by atoms with Crippen LogP contribution >= 0.6 is 0 Å². The van der Waals surface area contributed by atoms with Crippen LogP contribution in [0, 0.1) is 6.92 Å². The maximum absolute atomic E-state index is 11.6. The van der Waals surface area contributed by atoms with Crippen LogP contribution in [0.4, 0.5) is 5.69 Å². The molecule has 0 spiro atoms. The van der Waals surface area contributed by atoms with E-state index in [0.717, 1.165) is 11.5 Å². The summed E-state index contributed by atoms with van der Waals surface area (Å²) in [7, 11) is -2.12. The smallest absolute Gasteiger partial charge is 0.127 e. The Bertz CT molecular complexity index is 658. The monoisotopic (exact) mass is 275 g/mol. The van der Waals surface area contributed by atoms with Gasteiger partial charge < -0.3 is 4.74 Å². The number of aryl methyl sites for hydroxylation is 1. The molecule has 0 N–H and O–H groups in total. The highest BCUT2D eigenvalue weighted by Crippen LogP contribution is 2.24. The summed E-state index contributed by atoms with van der Waals surface area (Å²) in [6.45, 7) is 2.03. The third-order valence-corrected chi connectivity index (χ3v) is 3.07. The Morgan fingerprint density at radius 3 is 1.84 bits per heavy atom. The Kier molecular flexibility index (Phi) is 3.90. The summed E-state index contributed by atoms with van der Waals surface area (Å²) in [5.41, 5.74) is 1.90. The first-order chi connectivity index (χ1) is 8.92. The average molecular weight is 275 g/mol. The summed E-state index contributed by atoms with van der Waals surface area (Å²) in [5.74, 6) is 1.53. The van der Waals surface area contributed by atoms with Crippen molar-refractivity contribution in [1.82, 2.24) is 0 Å². The van der Waals surface area contributed by atoms with Crippen molar-refractivity contribution in [2.24, 2.45) is 4.36 Å². The van der Waals surface area contributed by atoms with E-state index in [1.807, 2.05) is 43.3 Å². The summed E-state index contributed by atoms with van der Waals surface area (Å²) in [6, 6.07) is 15.1. The molecule has 0 heterocycles. The van der Waals surface area contributed by atoms with Gasteiger partial charge in [-0.15, -0.1) is 0 Å². The van der Waals surface area contributed by atoms with E-state index >= 15 is 0 Å². The topological polar surface area (TPSA) is 38.7 Å². The standard InChI is InChI=1S/C15H17NO2S/c1-12-4-8-14(9-5-12)18-15-10-6-13(7-11-15)16-19(2,3)17/h4-11H,1-3H3. The first-order valence-corrected chi connectivity index (χ1v) is 8.27. The number of ether oxygens (including phenoxy) is 1.